The van der Waals surface area contributed by atoms with Crippen LogP contribution in [0.4, 0.5) is 0 Å². The van der Waals surface area contributed by atoms with E-state index in [9.17, 15) is 0 Å². The molecule has 20 heavy (non-hydrogen) atoms. The Morgan fingerprint density at radius 1 is 1.20 bits per heavy atom. The molecule has 0 aliphatic rings. The van der Waals surface area contributed by atoms with Crippen molar-refractivity contribution in [3.63, 3.8) is 0 Å². The van der Waals surface area contributed by atoms with E-state index < -0.39 is 0 Å². The molecule has 0 saturated carbocycles. The van der Waals surface area contributed by atoms with Gasteiger partial charge in [0.05, 0.1) is 0 Å². The maximum absolute atomic E-state index is 5.93. The summed E-state index contributed by atoms with van der Waals surface area (Å²) in [4.78, 5) is 4.36. The van der Waals surface area contributed by atoms with Crippen LogP contribution in [0.5, 0.6) is 0 Å². The zero-order chi connectivity index (χ0) is 14.4. The highest BCUT2D eigenvalue weighted by Crippen LogP contribution is 2.12. The van der Waals surface area contributed by atoms with Gasteiger partial charge >= 0.3 is 0 Å². The van der Waals surface area contributed by atoms with E-state index >= 15 is 0 Å². The van der Waals surface area contributed by atoms with Crippen molar-refractivity contribution in [1.29, 1.82) is 0 Å². The molecule has 1 N–H and O–H groups in total. The van der Waals surface area contributed by atoms with E-state index in [0.29, 0.717) is 6.04 Å². The predicted molar refractivity (Wildman–Crippen MR) is 82.0 cm³/mol. The minimum Gasteiger partial charge on any atom is -0.313 e. The molecule has 108 valence electrons. The second-order valence-electron chi connectivity index (χ2n) is 4.78. The lowest BCUT2D eigenvalue weighted by atomic mass is 10.0. The van der Waals surface area contributed by atoms with Gasteiger partial charge in [0.2, 0.25) is 0 Å². The summed E-state index contributed by atoms with van der Waals surface area (Å²) < 4.78 is 1.95. The topological polar surface area (TPSA) is 42.7 Å². The number of halogens is 1. The normalized spacial score (nSPS) is 12.6. The van der Waals surface area contributed by atoms with Gasteiger partial charge in [-0.15, -0.1) is 0 Å². The van der Waals surface area contributed by atoms with Crippen molar-refractivity contribution in [3.05, 3.63) is 47.0 Å². The van der Waals surface area contributed by atoms with Gasteiger partial charge in [0, 0.05) is 24.0 Å². The van der Waals surface area contributed by atoms with Crippen LogP contribution in [-0.2, 0) is 19.4 Å². The first-order chi connectivity index (χ1) is 9.72. The van der Waals surface area contributed by atoms with Crippen LogP contribution >= 0.6 is 11.6 Å². The third kappa shape index (κ3) is 4.05. The number of hydrogen-bond donors (Lipinski definition) is 1. The highest BCUT2D eigenvalue weighted by atomic mass is 35.5. The lowest BCUT2D eigenvalue weighted by Gasteiger charge is -2.18. The summed E-state index contributed by atoms with van der Waals surface area (Å²) in [5.74, 6) is 1.03. The first-order valence-electron chi connectivity index (χ1n) is 7.07. The quantitative estimate of drug-likeness (QED) is 0.853. The third-order valence-corrected chi connectivity index (χ3v) is 3.56. The van der Waals surface area contributed by atoms with Gasteiger partial charge < -0.3 is 5.32 Å². The van der Waals surface area contributed by atoms with Crippen molar-refractivity contribution in [3.8, 4) is 0 Å². The molecule has 4 nitrogen and oxygen atoms in total. The molecule has 0 bridgehead atoms. The molecule has 2 aromatic rings. The Morgan fingerprint density at radius 2 is 1.95 bits per heavy atom. The van der Waals surface area contributed by atoms with Crippen molar-refractivity contribution in [2.24, 2.45) is 0 Å². The standard InChI is InChI=1S/C15H21ClN4/c1-3-17-14(9-12-5-7-13(16)8-6-12)10-15-18-11-19-20(15)4-2/h5-8,11,14,17H,3-4,9-10H2,1-2H3. The van der Waals surface area contributed by atoms with E-state index in [-0.39, 0.29) is 0 Å². The molecular weight excluding hydrogens is 272 g/mol. The second kappa shape index (κ2) is 7.41. The smallest absolute Gasteiger partial charge is 0.138 e. The molecule has 0 saturated heterocycles. The van der Waals surface area contributed by atoms with Crippen LogP contribution in [0.25, 0.3) is 0 Å². The zero-order valence-electron chi connectivity index (χ0n) is 12.0. The van der Waals surface area contributed by atoms with E-state index in [1.165, 1.54) is 5.56 Å². The summed E-state index contributed by atoms with van der Waals surface area (Å²) in [5, 5.41) is 8.53. The van der Waals surface area contributed by atoms with Crippen molar-refractivity contribution >= 4 is 11.6 Å². The van der Waals surface area contributed by atoms with Crippen molar-refractivity contribution < 1.29 is 0 Å². The number of nitrogens with zero attached hydrogens (tertiary/aromatic N) is 3. The van der Waals surface area contributed by atoms with Gasteiger partial charge in [0.25, 0.3) is 0 Å². The maximum Gasteiger partial charge on any atom is 0.138 e. The average molecular weight is 293 g/mol. The van der Waals surface area contributed by atoms with Crippen LogP contribution < -0.4 is 5.32 Å². The largest absolute Gasteiger partial charge is 0.313 e. The summed E-state index contributed by atoms with van der Waals surface area (Å²) >= 11 is 5.93. The Balaban J connectivity index is 2.05. The van der Waals surface area contributed by atoms with Crippen LogP contribution in [0, 0.1) is 0 Å². The van der Waals surface area contributed by atoms with Gasteiger partial charge in [0.1, 0.15) is 12.2 Å². The van der Waals surface area contributed by atoms with Crippen LogP contribution in [0.1, 0.15) is 25.2 Å². The summed E-state index contributed by atoms with van der Waals surface area (Å²) in [5.41, 5.74) is 1.28. The molecule has 0 aliphatic heterocycles. The molecule has 0 fully saturated rings. The van der Waals surface area contributed by atoms with Gasteiger partial charge in [-0.05, 0) is 37.6 Å². The Morgan fingerprint density at radius 3 is 2.60 bits per heavy atom. The van der Waals surface area contributed by atoms with Crippen molar-refractivity contribution in [2.45, 2.75) is 39.3 Å². The molecule has 1 heterocycles. The Kier molecular flexibility index (Phi) is 5.56. The Hall–Kier alpha value is -1.39. The van der Waals surface area contributed by atoms with Crippen molar-refractivity contribution in [1.82, 2.24) is 20.1 Å². The highest BCUT2D eigenvalue weighted by molar-refractivity contribution is 6.30. The molecule has 1 aromatic carbocycles. The monoisotopic (exact) mass is 292 g/mol. The van der Waals surface area contributed by atoms with E-state index in [1.807, 2.05) is 16.8 Å². The number of rotatable bonds is 7. The fourth-order valence-corrected chi connectivity index (χ4v) is 2.47. The third-order valence-electron chi connectivity index (χ3n) is 3.31. The molecular formula is C15H21ClN4. The number of hydrogen-bond acceptors (Lipinski definition) is 3. The van der Waals surface area contributed by atoms with E-state index in [4.69, 9.17) is 11.6 Å². The molecule has 2 rings (SSSR count). The fourth-order valence-electron chi connectivity index (χ4n) is 2.34. The Labute approximate surface area is 125 Å². The highest BCUT2D eigenvalue weighted by Gasteiger charge is 2.13. The first-order valence-corrected chi connectivity index (χ1v) is 7.45. The first kappa shape index (κ1) is 15.0. The zero-order valence-corrected chi connectivity index (χ0v) is 12.8. The van der Waals surface area contributed by atoms with Gasteiger partial charge in [-0.3, -0.25) is 4.68 Å². The Bertz CT molecular complexity index is 521. The van der Waals surface area contributed by atoms with Crippen molar-refractivity contribution in [2.75, 3.05) is 6.54 Å². The number of aromatic nitrogens is 3. The van der Waals surface area contributed by atoms with Gasteiger partial charge in [-0.25, -0.2) is 4.98 Å². The summed E-state index contributed by atoms with van der Waals surface area (Å²) in [6.07, 6.45) is 3.47. The number of aryl methyl sites for hydroxylation is 1. The van der Waals surface area contributed by atoms with E-state index in [2.05, 4.69) is 41.4 Å². The molecule has 0 amide bonds. The minimum absolute atomic E-state index is 0.357. The van der Waals surface area contributed by atoms with Gasteiger partial charge in [-0.1, -0.05) is 30.7 Å². The molecule has 5 heteroatoms. The number of nitrogens with one attached hydrogen (secondary N) is 1. The van der Waals surface area contributed by atoms with Crippen LogP contribution in [0.2, 0.25) is 5.02 Å². The van der Waals surface area contributed by atoms with E-state index in [1.54, 1.807) is 6.33 Å². The SMILES string of the molecule is CCNC(Cc1ccc(Cl)cc1)Cc1ncnn1CC. The molecule has 0 radical (unpaired) electrons. The molecule has 0 aliphatic carbocycles. The lowest BCUT2D eigenvalue weighted by Crippen LogP contribution is -2.34. The van der Waals surface area contributed by atoms with Crippen LogP contribution in [-0.4, -0.2) is 27.4 Å². The molecule has 0 spiro atoms. The number of likely N-dealkylation sites (N-methyl/N-ethyl adjacent to an activating group) is 1. The fraction of sp³-hybridized carbons (Fsp3) is 0.467. The van der Waals surface area contributed by atoms with Crippen LogP contribution in [0.3, 0.4) is 0 Å². The molecule has 1 aromatic heterocycles. The second-order valence-corrected chi connectivity index (χ2v) is 5.22. The summed E-state index contributed by atoms with van der Waals surface area (Å²) in [7, 11) is 0. The lowest BCUT2D eigenvalue weighted by molar-refractivity contribution is 0.490. The molecule has 1 atom stereocenters. The molecule has 1 unspecified atom stereocenters. The average Bonchev–Trinajstić information content (AvgIpc) is 2.89. The predicted octanol–water partition coefficient (Wildman–Crippen LogP) is 2.71. The van der Waals surface area contributed by atoms with Crippen LogP contribution in [0.15, 0.2) is 30.6 Å². The van der Waals surface area contributed by atoms with Gasteiger partial charge in [-0.2, -0.15) is 5.10 Å². The van der Waals surface area contributed by atoms with E-state index in [0.717, 1.165) is 36.8 Å². The van der Waals surface area contributed by atoms with Gasteiger partial charge in [0.15, 0.2) is 0 Å². The number of benzene rings is 1. The summed E-state index contributed by atoms with van der Waals surface area (Å²) in [6, 6.07) is 8.40. The minimum atomic E-state index is 0.357. The summed E-state index contributed by atoms with van der Waals surface area (Å²) in [6.45, 7) is 6.01. The maximum atomic E-state index is 5.93.